The van der Waals surface area contributed by atoms with E-state index in [-0.39, 0.29) is 85.5 Å². The lowest BCUT2D eigenvalue weighted by Gasteiger charge is -2.30. The first-order valence-corrected chi connectivity index (χ1v) is 32.9. The highest BCUT2D eigenvalue weighted by Gasteiger charge is 2.76. The highest BCUT2D eigenvalue weighted by molar-refractivity contribution is 7.99. The van der Waals surface area contributed by atoms with E-state index in [1.165, 1.54) is 49.0 Å². The summed E-state index contributed by atoms with van der Waals surface area (Å²) in [5.74, 6) is -5.75. The molecule has 0 aromatic heterocycles. The number of sulfone groups is 1. The molecule has 6 rings (SSSR count). The molecule has 0 saturated heterocycles. The molecule has 0 aliphatic carbocycles. The molecule has 0 fully saturated rings. The van der Waals surface area contributed by atoms with Crippen LogP contribution in [0.4, 0.5) is 92.2 Å². The van der Waals surface area contributed by atoms with Gasteiger partial charge < -0.3 is 14.2 Å². The van der Waals surface area contributed by atoms with Gasteiger partial charge in [0, 0.05) is 68.2 Å². The van der Waals surface area contributed by atoms with Gasteiger partial charge in [-0.2, -0.15) is 79.0 Å². The van der Waals surface area contributed by atoms with Crippen LogP contribution >= 0.6 is 11.8 Å². The van der Waals surface area contributed by atoms with Crippen molar-refractivity contribution in [2.45, 2.75) is 130 Å². The number of methoxy groups -OCH3 is 3. The molecule has 0 radical (unpaired) electrons. The number of alkyl halides is 21. The van der Waals surface area contributed by atoms with Crippen LogP contribution in [0.5, 0.6) is 0 Å². The van der Waals surface area contributed by atoms with Gasteiger partial charge in [0.25, 0.3) is 0 Å². The van der Waals surface area contributed by atoms with Crippen molar-refractivity contribution in [3.63, 3.8) is 0 Å². The van der Waals surface area contributed by atoms with Gasteiger partial charge in [-0.05, 0) is 108 Å². The SMILES string of the molecule is CCS(=O)(=O)c1cc(C)ccc1C(=O)Cc1ccc(C(F)(C(F)(F)F)C(F)(F)F)cc1C(=O)OC.CCS(=O)c1cc(C)ccc1C(=O)Cc1ccc(C(F)(C(F)(F)F)C(F)(F)F)cc1C(=O)OC.CCSc1cc(C)ccc1C(=O)Cc1ccc(C(F)(C(F)(F)F)C(F)(F)F)cc1C(=O)OC. The van der Waals surface area contributed by atoms with E-state index >= 15 is 0 Å². The van der Waals surface area contributed by atoms with Crippen LogP contribution < -0.4 is 0 Å². The van der Waals surface area contributed by atoms with Crippen LogP contribution in [0, 0.1) is 20.8 Å². The van der Waals surface area contributed by atoms with Crippen molar-refractivity contribution >= 4 is 67.7 Å². The number of halogens is 21. The van der Waals surface area contributed by atoms with E-state index in [4.69, 9.17) is 0 Å². The third-order valence-electron chi connectivity index (χ3n) is 15.0. The highest BCUT2D eigenvalue weighted by atomic mass is 32.2. The van der Waals surface area contributed by atoms with E-state index in [0.29, 0.717) is 40.0 Å². The first-order chi connectivity index (χ1) is 46.6. The average molecular weight is 1540 g/mol. The number of hydrogen-bond acceptors (Lipinski definition) is 13. The fourth-order valence-corrected chi connectivity index (χ4v) is 12.8. The van der Waals surface area contributed by atoms with E-state index in [0.717, 1.165) is 26.9 Å². The van der Waals surface area contributed by atoms with Crippen molar-refractivity contribution in [1.82, 2.24) is 0 Å². The number of hydrogen-bond donors (Lipinski definition) is 0. The average Bonchev–Trinajstić information content (AvgIpc) is 0.752. The highest BCUT2D eigenvalue weighted by Crippen LogP contribution is 2.56. The van der Waals surface area contributed by atoms with Crippen molar-refractivity contribution in [2.24, 2.45) is 0 Å². The Morgan fingerprint density at radius 3 is 0.990 bits per heavy atom. The Hall–Kier alpha value is -8.28. The Morgan fingerprint density at radius 2 is 0.686 bits per heavy atom. The Labute approximate surface area is 574 Å². The number of Topliss-reactive ketones (excluding diaryl/α,β-unsaturated/α-hetero) is 3. The van der Waals surface area contributed by atoms with Crippen LogP contribution in [-0.2, 0) is 71.1 Å². The molecular weight excluding hydrogens is 1480 g/mol. The van der Waals surface area contributed by atoms with Crippen LogP contribution in [-0.4, -0.2) is 124 Å². The second-order valence-corrected chi connectivity index (χ2v) is 27.1. The second kappa shape index (κ2) is 32.6. The van der Waals surface area contributed by atoms with Gasteiger partial charge in [0.05, 0.1) is 59.5 Å². The molecule has 6 aromatic carbocycles. The predicted molar refractivity (Wildman–Crippen MR) is 327 cm³/mol. The van der Waals surface area contributed by atoms with E-state index < -0.39 is 168 Å². The summed E-state index contributed by atoms with van der Waals surface area (Å²) in [4.78, 5) is 75.6. The van der Waals surface area contributed by atoms with Gasteiger partial charge in [-0.1, -0.05) is 81.4 Å². The lowest BCUT2D eigenvalue weighted by atomic mass is 9.89. The van der Waals surface area contributed by atoms with E-state index in [2.05, 4.69) is 14.2 Å². The lowest BCUT2D eigenvalue weighted by molar-refractivity contribution is -0.349. The molecule has 1 unspecified atom stereocenters. The van der Waals surface area contributed by atoms with Gasteiger partial charge in [-0.25, -0.2) is 36.0 Å². The molecule has 0 heterocycles. The third-order valence-corrected chi connectivity index (χ3v) is 19.0. The van der Waals surface area contributed by atoms with E-state index in [1.807, 2.05) is 13.8 Å². The lowest BCUT2D eigenvalue weighted by Crippen LogP contribution is -2.50. The summed E-state index contributed by atoms with van der Waals surface area (Å²) in [6.07, 6.45) is -40.2. The first-order valence-electron chi connectivity index (χ1n) is 28.9. The van der Waals surface area contributed by atoms with Gasteiger partial charge in [0.15, 0.2) is 27.2 Å². The van der Waals surface area contributed by atoms with Crippen LogP contribution in [0.15, 0.2) is 124 Å². The fourth-order valence-electron chi connectivity index (χ4n) is 9.61. The Bertz CT molecular complexity index is 4230. The molecule has 0 amide bonds. The number of rotatable bonds is 21. The predicted octanol–water partition coefficient (Wildman–Crippen LogP) is 17.5. The zero-order valence-electron chi connectivity index (χ0n) is 54.2. The van der Waals surface area contributed by atoms with Gasteiger partial charge in [0.1, 0.15) is 0 Å². The number of ketones is 3. The molecular formula is C66H57F21O12S3. The molecule has 36 heteroatoms. The molecule has 102 heavy (non-hydrogen) atoms. The van der Waals surface area contributed by atoms with Crippen molar-refractivity contribution < 1.29 is 148 Å². The van der Waals surface area contributed by atoms with Crippen LogP contribution in [0.25, 0.3) is 0 Å². The number of carbonyl (C=O) groups excluding carboxylic acids is 6. The Balaban J connectivity index is 0.000000324. The van der Waals surface area contributed by atoms with E-state index in [9.17, 15) is 134 Å². The third kappa shape index (κ3) is 18.6. The Kier molecular flexibility index (Phi) is 27.5. The molecule has 0 N–H and O–H groups in total. The quantitative estimate of drug-likeness (QED) is 0.0218. The zero-order chi connectivity index (χ0) is 78.2. The first kappa shape index (κ1) is 86.1. The molecule has 6 aromatic rings. The minimum atomic E-state index is -6.42. The van der Waals surface area contributed by atoms with Crippen LogP contribution in [0.1, 0.15) is 133 Å². The van der Waals surface area contributed by atoms with Crippen LogP contribution in [0.3, 0.4) is 0 Å². The second-order valence-electron chi connectivity index (χ2n) is 21.8. The molecule has 558 valence electrons. The van der Waals surface area contributed by atoms with Gasteiger partial charge in [-0.3, -0.25) is 18.6 Å². The summed E-state index contributed by atoms with van der Waals surface area (Å²) in [7, 11) is -2.99. The molecule has 0 aliphatic rings. The number of carbonyl (C=O) groups is 6. The van der Waals surface area contributed by atoms with Crippen molar-refractivity contribution in [1.29, 1.82) is 0 Å². The summed E-state index contributed by atoms with van der Waals surface area (Å²) in [5, 5.41) is 0. The van der Waals surface area contributed by atoms with E-state index in [1.54, 1.807) is 45.0 Å². The Morgan fingerprint density at radius 1 is 0.392 bits per heavy atom. The number of aryl methyl sites for hydroxylation is 3. The summed E-state index contributed by atoms with van der Waals surface area (Å²) in [5.41, 5.74) is -24.2. The molecule has 12 nitrogen and oxygen atoms in total. The molecule has 0 bridgehead atoms. The van der Waals surface area contributed by atoms with Crippen molar-refractivity contribution in [3.8, 4) is 0 Å². The van der Waals surface area contributed by atoms with Gasteiger partial charge in [0.2, 0.25) is 0 Å². The number of benzene rings is 6. The fraction of sp³-hybridized carbons (Fsp3) is 0.364. The number of esters is 3. The maximum atomic E-state index is 14.5. The standard InChI is InChI=1S/C22H19F7O5S.C22H19F7O4S.C22H19F7O3S/c1-4-35(32,33)18-9-12(2)5-8-15(18)17(30)10-13-6-7-14(11-16(13)19(31)34-3)20(23,21(24,25)26)22(27,28)29;1-4-34(32)18-9-12(2)5-8-15(18)17(30)10-13-6-7-14(11-16(13)19(31)33-3)20(23,21(24,25)26)22(27,28)29;1-4-33-18-9-12(2)5-8-15(18)17(30)10-13-6-7-14(11-16(13)19(31)32-3)20(23,21(24,25)26)22(27,28)29/h5-9,11H,4,10H2,1-3H3;5-9,11H,4,10H2,1-3H3;5-9,11H,4,10H2,1-3H3. The monoisotopic (exact) mass is 1540 g/mol. The van der Waals surface area contributed by atoms with Crippen molar-refractivity contribution in [2.75, 3.05) is 38.6 Å². The maximum absolute atomic E-state index is 14.5. The molecule has 1 atom stereocenters. The normalized spacial score (nSPS) is 13.0. The maximum Gasteiger partial charge on any atom is 0.435 e. The smallest absolute Gasteiger partial charge is 0.435 e. The zero-order valence-corrected chi connectivity index (χ0v) is 56.6. The summed E-state index contributed by atoms with van der Waals surface area (Å²) < 4.78 is 330. The molecule has 0 aliphatic heterocycles. The summed E-state index contributed by atoms with van der Waals surface area (Å²) in [6, 6.07) is 16.1. The number of ether oxygens (including phenoxy) is 3. The van der Waals surface area contributed by atoms with Gasteiger partial charge >= 0.3 is 72.0 Å². The minimum absolute atomic E-state index is 0.0103. The number of thioether (sulfide) groups is 1. The van der Waals surface area contributed by atoms with Gasteiger partial charge in [-0.15, -0.1) is 11.8 Å². The molecule has 0 spiro atoms. The van der Waals surface area contributed by atoms with Crippen molar-refractivity contribution in [3.05, 3.63) is 193 Å². The summed E-state index contributed by atoms with van der Waals surface area (Å²) >= 11 is 1.37. The van der Waals surface area contributed by atoms with Crippen LogP contribution in [0.2, 0.25) is 0 Å². The summed E-state index contributed by atoms with van der Waals surface area (Å²) in [6.45, 7) is 9.90. The topological polar surface area (TPSA) is 181 Å². The minimum Gasteiger partial charge on any atom is -0.465 e. The largest absolute Gasteiger partial charge is 0.465 e. The molecule has 0 saturated carbocycles.